The Morgan fingerprint density at radius 2 is 1.79 bits per heavy atom. The highest BCUT2D eigenvalue weighted by Gasteiger charge is 2.16. The first-order chi connectivity index (χ1) is 6.47. The number of carbonyl (C=O) groups is 1. The van der Waals surface area contributed by atoms with Crippen LogP contribution in [0, 0.1) is 11.8 Å². The first-order valence-corrected chi connectivity index (χ1v) is 5.64. The zero-order valence-corrected chi connectivity index (χ0v) is 10.2. The molecule has 0 rings (SSSR count). The van der Waals surface area contributed by atoms with Crippen LogP contribution in [0.4, 0.5) is 0 Å². The second-order valence-electron chi connectivity index (χ2n) is 4.48. The summed E-state index contributed by atoms with van der Waals surface area (Å²) in [6.07, 6.45) is 3.44. The summed E-state index contributed by atoms with van der Waals surface area (Å²) < 4.78 is 5.27. The van der Waals surface area contributed by atoms with E-state index in [1.165, 1.54) is 13.3 Å². The minimum atomic E-state index is -0.159. The van der Waals surface area contributed by atoms with Gasteiger partial charge in [-0.15, -0.1) is 0 Å². The molecule has 0 fully saturated rings. The van der Waals surface area contributed by atoms with Crippen molar-refractivity contribution in [3.8, 4) is 0 Å². The predicted octanol–water partition coefficient (Wildman–Crippen LogP) is 3.40. The highest BCUT2D eigenvalue weighted by molar-refractivity contribution is 5.66. The maximum atomic E-state index is 10.9. The van der Waals surface area contributed by atoms with Crippen LogP contribution < -0.4 is 0 Å². The van der Waals surface area contributed by atoms with E-state index >= 15 is 0 Å². The van der Waals surface area contributed by atoms with E-state index in [1.54, 1.807) is 0 Å². The van der Waals surface area contributed by atoms with Crippen LogP contribution in [0.2, 0.25) is 0 Å². The van der Waals surface area contributed by atoms with Crippen LogP contribution in [-0.4, -0.2) is 12.1 Å². The van der Waals surface area contributed by atoms with E-state index in [1.807, 2.05) is 0 Å². The molecule has 0 aliphatic rings. The smallest absolute Gasteiger partial charge is 0.302 e. The molecule has 2 atom stereocenters. The van der Waals surface area contributed by atoms with Crippen molar-refractivity contribution in [1.82, 2.24) is 0 Å². The highest BCUT2D eigenvalue weighted by Crippen LogP contribution is 2.18. The van der Waals surface area contributed by atoms with Gasteiger partial charge in [0.05, 0.1) is 0 Å². The number of esters is 1. The molecule has 0 aromatic heterocycles. The lowest BCUT2D eigenvalue weighted by Crippen LogP contribution is -2.23. The number of rotatable bonds is 6. The van der Waals surface area contributed by atoms with Crippen molar-refractivity contribution in [2.24, 2.45) is 11.8 Å². The normalized spacial score (nSPS) is 15.3. The van der Waals surface area contributed by atoms with Crippen LogP contribution in [-0.2, 0) is 9.53 Å². The van der Waals surface area contributed by atoms with E-state index in [-0.39, 0.29) is 12.1 Å². The summed E-state index contributed by atoms with van der Waals surface area (Å²) >= 11 is 0. The molecule has 0 aromatic rings. The average molecular weight is 200 g/mol. The third-order valence-corrected chi connectivity index (χ3v) is 2.70. The fourth-order valence-electron chi connectivity index (χ4n) is 1.39. The molecule has 0 radical (unpaired) electrons. The molecular weight excluding hydrogens is 176 g/mol. The van der Waals surface area contributed by atoms with Gasteiger partial charge in [-0.1, -0.05) is 34.1 Å². The second-order valence-corrected chi connectivity index (χ2v) is 4.48. The maximum Gasteiger partial charge on any atom is 0.302 e. The SMILES string of the molecule is CCC(C)CCC(OC(C)=O)C(C)C. The first-order valence-electron chi connectivity index (χ1n) is 5.64. The molecule has 0 saturated heterocycles. The van der Waals surface area contributed by atoms with Crippen LogP contribution in [0.1, 0.15) is 53.9 Å². The third kappa shape index (κ3) is 6.01. The summed E-state index contributed by atoms with van der Waals surface area (Å²) in [5, 5.41) is 0. The standard InChI is InChI=1S/C12H24O2/c1-6-10(4)7-8-12(9(2)3)14-11(5)13/h9-10,12H,6-8H2,1-5H3. The van der Waals surface area contributed by atoms with Gasteiger partial charge in [-0.2, -0.15) is 0 Å². The van der Waals surface area contributed by atoms with Gasteiger partial charge in [-0.05, 0) is 24.7 Å². The van der Waals surface area contributed by atoms with Crippen molar-refractivity contribution in [3.05, 3.63) is 0 Å². The quantitative estimate of drug-likeness (QED) is 0.614. The highest BCUT2D eigenvalue weighted by atomic mass is 16.5. The van der Waals surface area contributed by atoms with Gasteiger partial charge < -0.3 is 4.74 Å². The minimum Gasteiger partial charge on any atom is -0.462 e. The summed E-state index contributed by atoms with van der Waals surface area (Å²) in [4.78, 5) is 10.9. The van der Waals surface area contributed by atoms with Crippen LogP contribution in [0.25, 0.3) is 0 Å². The fraction of sp³-hybridized carbons (Fsp3) is 0.917. The largest absolute Gasteiger partial charge is 0.462 e. The van der Waals surface area contributed by atoms with E-state index in [2.05, 4.69) is 27.7 Å². The predicted molar refractivity (Wildman–Crippen MR) is 59.1 cm³/mol. The van der Waals surface area contributed by atoms with Crippen molar-refractivity contribution >= 4 is 5.97 Å². The molecule has 0 bridgehead atoms. The van der Waals surface area contributed by atoms with Crippen LogP contribution >= 0.6 is 0 Å². The summed E-state index contributed by atoms with van der Waals surface area (Å²) in [7, 11) is 0. The molecule has 0 saturated carbocycles. The summed E-state index contributed by atoms with van der Waals surface area (Å²) in [6, 6.07) is 0. The van der Waals surface area contributed by atoms with Gasteiger partial charge in [0.2, 0.25) is 0 Å². The molecule has 0 aromatic carbocycles. The van der Waals surface area contributed by atoms with E-state index in [0.717, 1.165) is 18.8 Å². The molecule has 84 valence electrons. The molecular formula is C12H24O2. The molecule has 0 spiro atoms. The van der Waals surface area contributed by atoms with E-state index in [0.29, 0.717) is 5.92 Å². The van der Waals surface area contributed by atoms with E-state index < -0.39 is 0 Å². The molecule has 2 unspecified atom stereocenters. The Hall–Kier alpha value is -0.530. The lowest BCUT2D eigenvalue weighted by Gasteiger charge is -2.21. The molecule has 14 heavy (non-hydrogen) atoms. The third-order valence-electron chi connectivity index (χ3n) is 2.70. The minimum absolute atomic E-state index is 0.0986. The van der Waals surface area contributed by atoms with E-state index in [9.17, 15) is 4.79 Å². The van der Waals surface area contributed by atoms with Gasteiger partial charge in [0.1, 0.15) is 6.10 Å². The van der Waals surface area contributed by atoms with Gasteiger partial charge in [0, 0.05) is 6.92 Å². The van der Waals surface area contributed by atoms with Gasteiger partial charge in [-0.25, -0.2) is 0 Å². The molecule has 0 aliphatic heterocycles. The number of hydrogen-bond acceptors (Lipinski definition) is 2. The Kier molecular flexibility index (Phi) is 6.60. The Morgan fingerprint density at radius 1 is 1.21 bits per heavy atom. The van der Waals surface area contributed by atoms with Crippen LogP contribution in [0.15, 0.2) is 0 Å². The van der Waals surface area contributed by atoms with Crippen molar-refractivity contribution < 1.29 is 9.53 Å². The van der Waals surface area contributed by atoms with Gasteiger partial charge >= 0.3 is 5.97 Å². The van der Waals surface area contributed by atoms with Gasteiger partial charge in [0.15, 0.2) is 0 Å². The molecule has 2 nitrogen and oxygen atoms in total. The van der Waals surface area contributed by atoms with Gasteiger partial charge in [0.25, 0.3) is 0 Å². The monoisotopic (exact) mass is 200 g/mol. The topological polar surface area (TPSA) is 26.3 Å². The van der Waals surface area contributed by atoms with Crippen molar-refractivity contribution in [2.45, 2.75) is 60.0 Å². The Bertz CT molecular complexity index is 164. The van der Waals surface area contributed by atoms with E-state index in [4.69, 9.17) is 4.74 Å². The lowest BCUT2D eigenvalue weighted by molar-refractivity contribution is -0.149. The number of carbonyl (C=O) groups excluding carboxylic acids is 1. The molecule has 0 N–H and O–H groups in total. The van der Waals surface area contributed by atoms with Gasteiger partial charge in [-0.3, -0.25) is 4.79 Å². The zero-order valence-electron chi connectivity index (χ0n) is 10.2. The van der Waals surface area contributed by atoms with Crippen molar-refractivity contribution in [1.29, 1.82) is 0 Å². The molecule has 0 aliphatic carbocycles. The Labute approximate surface area is 88.0 Å². The average Bonchev–Trinajstić information content (AvgIpc) is 2.10. The summed E-state index contributed by atoms with van der Waals surface area (Å²) in [5.74, 6) is 0.989. The first kappa shape index (κ1) is 13.5. The second kappa shape index (κ2) is 6.86. The van der Waals surface area contributed by atoms with Crippen LogP contribution in [0.5, 0.6) is 0 Å². The zero-order chi connectivity index (χ0) is 11.1. The van der Waals surface area contributed by atoms with Crippen molar-refractivity contribution in [2.75, 3.05) is 0 Å². The molecule has 0 heterocycles. The van der Waals surface area contributed by atoms with Crippen LogP contribution in [0.3, 0.4) is 0 Å². The summed E-state index contributed by atoms with van der Waals surface area (Å²) in [6.45, 7) is 10.1. The molecule has 0 amide bonds. The Balaban J connectivity index is 3.91. The van der Waals surface area contributed by atoms with Crippen molar-refractivity contribution in [3.63, 3.8) is 0 Å². The summed E-state index contributed by atoms with van der Waals surface area (Å²) in [5.41, 5.74) is 0. The fourth-order valence-corrected chi connectivity index (χ4v) is 1.39. The number of hydrogen-bond donors (Lipinski definition) is 0. The maximum absolute atomic E-state index is 10.9. The Morgan fingerprint density at radius 3 is 2.14 bits per heavy atom. The lowest BCUT2D eigenvalue weighted by atomic mass is 9.95. The number of ether oxygens (including phenoxy) is 1. The molecule has 2 heteroatoms.